The maximum Gasteiger partial charge on any atom is 0.100 e. The second-order valence-corrected chi connectivity index (χ2v) is 6.01. The van der Waals surface area contributed by atoms with Crippen LogP contribution in [0.1, 0.15) is 50.8 Å². The number of nitrogens with zero attached hydrogens (tertiary/aromatic N) is 1. The van der Waals surface area contributed by atoms with Gasteiger partial charge in [0, 0.05) is 6.20 Å². The number of hydrogen-bond acceptors (Lipinski definition) is 2. The van der Waals surface area contributed by atoms with Gasteiger partial charge in [-0.25, -0.2) is 0 Å². The Morgan fingerprint density at radius 3 is 2.89 bits per heavy atom. The van der Waals surface area contributed by atoms with E-state index >= 15 is 0 Å². The number of aliphatic hydroxyl groups is 1. The average molecular weight is 288 g/mol. The van der Waals surface area contributed by atoms with Gasteiger partial charge in [0.2, 0.25) is 0 Å². The van der Waals surface area contributed by atoms with Crippen molar-refractivity contribution in [3.8, 4) is 0 Å². The van der Waals surface area contributed by atoms with Crippen LogP contribution in [-0.2, 0) is 0 Å². The molecule has 0 aromatic carbocycles. The van der Waals surface area contributed by atoms with Crippen LogP contribution in [0.3, 0.4) is 0 Å². The molecule has 2 rings (SSSR count). The molecule has 0 bridgehead atoms. The minimum absolute atomic E-state index is 0.273. The number of hydrogen-bond donors (Lipinski definition) is 1. The van der Waals surface area contributed by atoms with Gasteiger partial charge in [-0.2, -0.15) is 0 Å². The smallest absolute Gasteiger partial charge is 0.100 e. The topological polar surface area (TPSA) is 33.1 Å². The lowest BCUT2D eigenvalue weighted by Crippen LogP contribution is -2.22. The SMILES string of the molecule is CCC1CCCC(C(O)c2ncc(Cl)cc2Cl)C1. The van der Waals surface area contributed by atoms with Crippen molar-refractivity contribution < 1.29 is 5.11 Å². The van der Waals surface area contributed by atoms with Crippen molar-refractivity contribution in [3.63, 3.8) is 0 Å². The number of aliphatic hydroxyl groups excluding tert-OH is 1. The number of rotatable bonds is 3. The Morgan fingerprint density at radius 2 is 2.22 bits per heavy atom. The Hall–Kier alpha value is -0.310. The average Bonchev–Trinajstić information content (AvgIpc) is 2.38. The summed E-state index contributed by atoms with van der Waals surface area (Å²) in [5.74, 6) is 0.999. The molecule has 2 nitrogen and oxygen atoms in total. The lowest BCUT2D eigenvalue weighted by atomic mass is 9.77. The largest absolute Gasteiger partial charge is 0.386 e. The maximum atomic E-state index is 10.4. The summed E-state index contributed by atoms with van der Waals surface area (Å²) < 4.78 is 0. The van der Waals surface area contributed by atoms with E-state index in [1.165, 1.54) is 19.3 Å². The summed E-state index contributed by atoms with van der Waals surface area (Å²) in [6.45, 7) is 2.22. The quantitative estimate of drug-likeness (QED) is 0.879. The molecule has 3 atom stereocenters. The predicted octanol–water partition coefficient (Wildman–Crippen LogP) is 4.64. The Labute approximate surface area is 118 Å². The van der Waals surface area contributed by atoms with Crippen LogP contribution in [0.25, 0.3) is 0 Å². The van der Waals surface area contributed by atoms with Crippen LogP contribution in [-0.4, -0.2) is 10.1 Å². The van der Waals surface area contributed by atoms with Crippen LogP contribution >= 0.6 is 23.2 Å². The van der Waals surface area contributed by atoms with Gasteiger partial charge in [0.25, 0.3) is 0 Å². The van der Waals surface area contributed by atoms with E-state index in [4.69, 9.17) is 23.2 Å². The third-order valence-corrected chi connectivity index (χ3v) is 4.47. The minimum atomic E-state index is -0.566. The molecule has 100 valence electrons. The van der Waals surface area contributed by atoms with E-state index in [2.05, 4.69) is 11.9 Å². The number of aromatic nitrogens is 1. The molecule has 1 heterocycles. The van der Waals surface area contributed by atoms with Gasteiger partial charge in [-0.1, -0.05) is 49.4 Å². The highest BCUT2D eigenvalue weighted by Gasteiger charge is 2.29. The van der Waals surface area contributed by atoms with Crippen molar-refractivity contribution in [2.24, 2.45) is 11.8 Å². The molecule has 1 aliphatic carbocycles. The summed E-state index contributed by atoms with van der Waals surface area (Å²) in [6, 6.07) is 1.65. The van der Waals surface area contributed by atoms with Gasteiger partial charge in [-0.15, -0.1) is 0 Å². The van der Waals surface area contributed by atoms with E-state index in [0.29, 0.717) is 15.7 Å². The Morgan fingerprint density at radius 1 is 1.44 bits per heavy atom. The van der Waals surface area contributed by atoms with Crippen LogP contribution in [0.5, 0.6) is 0 Å². The van der Waals surface area contributed by atoms with Crippen LogP contribution in [0, 0.1) is 11.8 Å². The number of pyridine rings is 1. The van der Waals surface area contributed by atoms with Crippen molar-refractivity contribution in [2.45, 2.75) is 45.1 Å². The van der Waals surface area contributed by atoms with Crippen LogP contribution in [0.4, 0.5) is 0 Å². The highest BCUT2D eigenvalue weighted by Crippen LogP contribution is 2.39. The molecule has 3 unspecified atom stereocenters. The zero-order valence-electron chi connectivity index (χ0n) is 10.6. The van der Waals surface area contributed by atoms with Crippen molar-refractivity contribution in [2.75, 3.05) is 0 Å². The Kier molecular flexibility index (Phi) is 4.88. The van der Waals surface area contributed by atoms with Crippen molar-refractivity contribution in [1.82, 2.24) is 4.98 Å². The molecular weight excluding hydrogens is 269 g/mol. The summed E-state index contributed by atoms with van der Waals surface area (Å²) in [5.41, 5.74) is 0.572. The summed E-state index contributed by atoms with van der Waals surface area (Å²) in [4.78, 5) is 4.19. The fraction of sp³-hybridized carbons (Fsp3) is 0.643. The van der Waals surface area contributed by atoms with E-state index in [1.54, 1.807) is 12.3 Å². The third kappa shape index (κ3) is 3.17. The van der Waals surface area contributed by atoms with E-state index in [-0.39, 0.29) is 5.92 Å². The van der Waals surface area contributed by atoms with Gasteiger partial charge in [0.1, 0.15) is 6.10 Å². The standard InChI is InChI=1S/C14H19Cl2NO/c1-2-9-4-3-5-10(6-9)14(18)13-12(16)7-11(15)8-17-13/h7-10,14,18H,2-6H2,1H3. The molecule has 18 heavy (non-hydrogen) atoms. The molecule has 1 saturated carbocycles. The zero-order chi connectivity index (χ0) is 13.1. The Bertz CT molecular complexity index is 411. The van der Waals surface area contributed by atoms with Crippen LogP contribution < -0.4 is 0 Å². The normalized spacial score (nSPS) is 26.0. The lowest BCUT2D eigenvalue weighted by Gasteiger charge is -2.31. The first-order valence-electron chi connectivity index (χ1n) is 6.60. The second-order valence-electron chi connectivity index (χ2n) is 5.17. The molecule has 1 aromatic rings. The highest BCUT2D eigenvalue weighted by atomic mass is 35.5. The molecule has 1 N–H and O–H groups in total. The van der Waals surface area contributed by atoms with E-state index in [0.717, 1.165) is 18.8 Å². The second kappa shape index (κ2) is 6.23. The summed E-state index contributed by atoms with van der Waals surface area (Å²) in [5, 5.41) is 11.4. The van der Waals surface area contributed by atoms with E-state index in [9.17, 15) is 5.11 Å². The van der Waals surface area contributed by atoms with Gasteiger partial charge < -0.3 is 5.11 Å². The molecule has 0 saturated heterocycles. The van der Waals surface area contributed by atoms with E-state index < -0.39 is 6.10 Å². The summed E-state index contributed by atoms with van der Waals surface area (Å²) in [7, 11) is 0. The molecule has 0 aliphatic heterocycles. The lowest BCUT2D eigenvalue weighted by molar-refractivity contribution is 0.0646. The molecule has 0 spiro atoms. The van der Waals surface area contributed by atoms with Gasteiger partial charge in [0.05, 0.1) is 15.7 Å². The van der Waals surface area contributed by atoms with Crippen LogP contribution in [0.2, 0.25) is 10.0 Å². The first-order valence-corrected chi connectivity index (χ1v) is 7.36. The maximum absolute atomic E-state index is 10.4. The monoisotopic (exact) mass is 287 g/mol. The van der Waals surface area contributed by atoms with Gasteiger partial charge in [0.15, 0.2) is 0 Å². The van der Waals surface area contributed by atoms with Gasteiger partial charge >= 0.3 is 0 Å². The first kappa shape index (κ1) is 14.1. The highest BCUT2D eigenvalue weighted by molar-refractivity contribution is 6.34. The Balaban J connectivity index is 2.12. The zero-order valence-corrected chi connectivity index (χ0v) is 12.1. The molecule has 1 aromatic heterocycles. The molecular formula is C14H19Cl2NO. The first-order chi connectivity index (χ1) is 8.61. The van der Waals surface area contributed by atoms with Crippen molar-refractivity contribution >= 4 is 23.2 Å². The molecule has 4 heteroatoms. The van der Waals surface area contributed by atoms with Gasteiger partial charge in [-0.3, -0.25) is 4.98 Å². The fourth-order valence-electron chi connectivity index (χ4n) is 2.86. The minimum Gasteiger partial charge on any atom is -0.386 e. The molecule has 1 aliphatic rings. The summed E-state index contributed by atoms with van der Waals surface area (Å²) >= 11 is 11.9. The van der Waals surface area contributed by atoms with Gasteiger partial charge in [-0.05, 0) is 30.7 Å². The molecule has 0 amide bonds. The van der Waals surface area contributed by atoms with Crippen molar-refractivity contribution in [1.29, 1.82) is 0 Å². The number of halogens is 2. The summed E-state index contributed by atoms with van der Waals surface area (Å²) in [6.07, 6.45) is 6.75. The van der Waals surface area contributed by atoms with E-state index in [1.807, 2.05) is 0 Å². The molecule has 1 fully saturated rings. The third-order valence-electron chi connectivity index (χ3n) is 3.96. The fourth-order valence-corrected chi connectivity index (χ4v) is 3.35. The molecule has 0 radical (unpaired) electrons. The van der Waals surface area contributed by atoms with Crippen LogP contribution in [0.15, 0.2) is 12.3 Å². The predicted molar refractivity (Wildman–Crippen MR) is 75.0 cm³/mol. The van der Waals surface area contributed by atoms with Crippen molar-refractivity contribution in [3.05, 3.63) is 28.0 Å².